The van der Waals surface area contributed by atoms with Crippen LogP contribution in [0.5, 0.6) is 0 Å². The van der Waals surface area contributed by atoms with Crippen molar-refractivity contribution in [2.45, 2.75) is 25.3 Å². The molecule has 102 valence electrons. The van der Waals surface area contributed by atoms with Gasteiger partial charge in [-0.1, -0.05) is 5.16 Å². The van der Waals surface area contributed by atoms with E-state index in [0.717, 1.165) is 12.8 Å². The molecular weight excluding hydrogens is 312 g/mol. The van der Waals surface area contributed by atoms with Gasteiger partial charge < -0.3 is 15.8 Å². The van der Waals surface area contributed by atoms with Crippen LogP contribution < -0.4 is 5.73 Å². The predicted octanol–water partition coefficient (Wildman–Crippen LogP) is 1.59. The first kappa shape index (κ1) is 13.8. The van der Waals surface area contributed by atoms with E-state index in [2.05, 4.69) is 26.1 Å². The van der Waals surface area contributed by atoms with Crippen molar-refractivity contribution in [1.29, 1.82) is 0 Å². The molecule has 0 bridgehead atoms. The maximum atomic E-state index is 12.5. The van der Waals surface area contributed by atoms with E-state index in [1.165, 1.54) is 0 Å². The van der Waals surface area contributed by atoms with Crippen LogP contribution in [0.4, 0.5) is 0 Å². The second-order valence-electron chi connectivity index (χ2n) is 4.37. The molecule has 0 aliphatic carbocycles. The van der Waals surface area contributed by atoms with Gasteiger partial charge in [-0.15, -0.1) is 0 Å². The minimum Gasteiger partial charge on any atom is -0.409 e. The highest BCUT2D eigenvalue weighted by molar-refractivity contribution is 9.10. The largest absolute Gasteiger partial charge is 0.409 e. The molecule has 2 rings (SSSR count). The molecule has 1 amide bonds. The molecule has 0 aromatic carbocycles. The molecule has 1 aromatic rings. The van der Waals surface area contributed by atoms with Crippen LogP contribution in [0.3, 0.4) is 0 Å². The van der Waals surface area contributed by atoms with E-state index < -0.39 is 0 Å². The lowest BCUT2D eigenvalue weighted by molar-refractivity contribution is 0.0669. The molecule has 1 aromatic heterocycles. The lowest BCUT2D eigenvalue weighted by atomic mass is 10.0. The summed E-state index contributed by atoms with van der Waals surface area (Å²) in [6, 6.07) is 3.15. The van der Waals surface area contributed by atoms with E-state index >= 15 is 0 Å². The molecule has 1 fully saturated rings. The zero-order valence-electron chi connectivity index (χ0n) is 10.3. The van der Waals surface area contributed by atoms with Gasteiger partial charge in [0.05, 0.1) is 6.04 Å². The number of aromatic nitrogens is 1. The molecule has 1 atom stereocenters. The van der Waals surface area contributed by atoms with Crippen LogP contribution >= 0.6 is 15.9 Å². The zero-order valence-corrected chi connectivity index (χ0v) is 11.9. The number of rotatable bonds is 2. The Labute approximate surface area is 119 Å². The van der Waals surface area contributed by atoms with Gasteiger partial charge in [0, 0.05) is 17.2 Å². The summed E-state index contributed by atoms with van der Waals surface area (Å²) >= 11 is 3.32. The molecule has 3 N–H and O–H groups in total. The van der Waals surface area contributed by atoms with Crippen molar-refractivity contribution in [3.05, 3.63) is 28.5 Å². The number of halogens is 1. The van der Waals surface area contributed by atoms with Gasteiger partial charge in [-0.3, -0.25) is 4.79 Å². The number of carbonyl (C=O) groups is 1. The van der Waals surface area contributed by atoms with Crippen molar-refractivity contribution in [3.63, 3.8) is 0 Å². The number of amidine groups is 1. The number of carbonyl (C=O) groups excluding carboxylic acids is 1. The maximum Gasteiger partial charge on any atom is 0.274 e. The summed E-state index contributed by atoms with van der Waals surface area (Å²) in [5.41, 5.74) is 6.01. The summed E-state index contributed by atoms with van der Waals surface area (Å²) in [7, 11) is 0. The van der Waals surface area contributed by atoms with Gasteiger partial charge in [-0.05, 0) is 47.3 Å². The van der Waals surface area contributed by atoms with Crippen molar-refractivity contribution in [2.75, 3.05) is 6.54 Å². The van der Waals surface area contributed by atoms with Crippen LogP contribution in [0.2, 0.25) is 0 Å². The lowest BCUT2D eigenvalue weighted by Crippen LogP contribution is -2.50. The standard InChI is InChI=1S/C12H15BrN4O2/c13-8-4-3-6-15-10(8)12(18)17-7-2-1-5-9(17)11(14)16-19/h3-4,6,9,19H,1-2,5,7H2,(H2,14,16). The Kier molecular flexibility index (Phi) is 4.36. The Hall–Kier alpha value is -1.63. The Bertz CT molecular complexity index is 506. The van der Waals surface area contributed by atoms with Crippen molar-refractivity contribution in [1.82, 2.24) is 9.88 Å². The lowest BCUT2D eigenvalue weighted by Gasteiger charge is -2.34. The maximum absolute atomic E-state index is 12.5. The highest BCUT2D eigenvalue weighted by Crippen LogP contribution is 2.22. The van der Waals surface area contributed by atoms with E-state index in [1.54, 1.807) is 23.2 Å². The fraction of sp³-hybridized carbons (Fsp3) is 0.417. The first-order valence-corrected chi connectivity index (χ1v) is 6.83. The average Bonchev–Trinajstić information content (AvgIpc) is 2.46. The van der Waals surface area contributed by atoms with Crippen molar-refractivity contribution in [2.24, 2.45) is 10.9 Å². The third-order valence-electron chi connectivity index (χ3n) is 3.18. The Morgan fingerprint density at radius 3 is 3.05 bits per heavy atom. The minimum atomic E-state index is -0.361. The van der Waals surface area contributed by atoms with Crippen LogP contribution in [0, 0.1) is 0 Å². The quantitative estimate of drug-likeness (QED) is 0.373. The van der Waals surface area contributed by atoms with Gasteiger partial charge in [0.2, 0.25) is 0 Å². The predicted molar refractivity (Wildman–Crippen MR) is 74.0 cm³/mol. The normalized spacial score (nSPS) is 20.4. The van der Waals surface area contributed by atoms with Gasteiger partial charge >= 0.3 is 0 Å². The molecule has 1 aliphatic rings. The summed E-state index contributed by atoms with van der Waals surface area (Å²) in [6.07, 6.45) is 4.13. The van der Waals surface area contributed by atoms with Gasteiger partial charge in [0.25, 0.3) is 5.91 Å². The summed E-state index contributed by atoms with van der Waals surface area (Å²) < 4.78 is 0.642. The van der Waals surface area contributed by atoms with Crippen molar-refractivity contribution in [3.8, 4) is 0 Å². The summed E-state index contributed by atoms with van der Waals surface area (Å²) in [5.74, 6) is -0.135. The van der Waals surface area contributed by atoms with Crippen molar-refractivity contribution >= 4 is 27.7 Å². The summed E-state index contributed by atoms with van der Waals surface area (Å²) in [4.78, 5) is 18.2. The molecule has 1 saturated heterocycles. The monoisotopic (exact) mass is 326 g/mol. The van der Waals surface area contributed by atoms with Crippen LogP contribution in [0.15, 0.2) is 28.0 Å². The molecular formula is C12H15BrN4O2. The fourth-order valence-corrected chi connectivity index (χ4v) is 2.65. The average molecular weight is 327 g/mol. The molecule has 2 heterocycles. The van der Waals surface area contributed by atoms with Crippen molar-refractivity contribution < 1.29 is 10.0 Å². The van der Waals surface area contributed by atoms with E-state index in [-0.39, 0.29) is 17.8 Å². The van der Waals surface area contributed by atoms with Gasteiger partial charge in [-0.25, -0.2) is 4.98 Å². The number of likely N-dealkylation sites (tertiary alicyclic amines) is 1. The molecule has 7 heteroatoms. The van der Waals surface area contributed by atoms with Crippen LogP contribution in [0.25, 0.3) is 0 Å². The smallest absolute Gasteiger partial charge is 0.274 e. The molecule has 0 spiro atoms. The second kappa shape index (κ2) is 6.01. The Morgan fingerprint density at radius 1 is 1.58 bits per heavy atom. The molecule has 0 saturated carbocycles. The van der Waals surface area contributed by atoms with Gasteiger partial charge in [0.1, 0.15) is 5.69 Å². The SMILES string of the molecule is N/C(=N/O)C1CCCCN1C(=O)c1ncccc1Br. The number of oxime groups is 1. The molecule has 6 nitrogen and oxygen atoms in total. The first-order valence-electron chi connectivity index (χ1n) is 6.04. The number of hydrogen-bond donors (Lipinski definition) is 2. The highest BCUT2D eigenvalue weighted by atomic mass is 79.9. The first-order chi connectivity index (χ1) is 9.15. The Balaban J connectivity index is 2.28. The number of pyridine rings is 1. The van der Waals surface area contributed by atoms with E-state index in [1.807, 2.05) is 0 Å². The number of amides is 1. The topological polar surface area (TPSA) is 91.8 Å². The molecule has 1 aliphatic heterocycles. The molecule has 0 radical (unpaired) electrons. The zero-order chi connectivity index (χ0) is 13.8. The highest BCUT2D eigenvalue weighted by Gasteiger charge is 2.31. The van der Waals surface area contributed by atoms with Crippen LogP contribution in [-0.4, -0.2) is 39.4 Å². The fourth-order valence-electron chi connectivity index (χ4n) is 2.23. The number of nitrogens with two attached hydrogens (primary N) is 1. The number of hydrogen-bond acceptors (Lipinski definition) is 4. The number of piperidine rings is 1. The molecule has 19 heavy (non-hydrogen) atoms. The van der Waals surface area contributed by atoms with Gasteiger partial charge in [-0.2, -0.15) is 0 Å². The van der Waals surface area contributed by atoms with Crippen LogP contribution in [-0.2, 0) is 0 Å². The molecule has 1 unspecified atom stereocenters. The van der Waals surface area contributed by atoms with Gasteiger partial charge in [0.15, 0.2) is 5.84 Å². The number of nitrogens with zero attached hydrogens (tertiary/aromatic N) is 3. The minimum absolute atomic E-state index is 0.0695. The van der Waals surface area contributed by atoms with E-state index in [9.17, 15) is 4.79 Å². The summed E-state index contributed by atoms with van der Waals surface area (Å²) in [5, 5.41) is 11.8. The third-order valence-corrected chi connectivity index (χ3v) is 3.82. The van der Waals surface area contributed by atoms with E-state index in [0.29, 0.717) is 23.1 Å². The van der Waals surface area contributed by atoms with E-state index in [4.69, 9.17) is 10.9 Å². The van der Waals surface area contributed by atoms with Crippen LogP contribution in [0.1, 0.15) is 29.8 Å². The second-order valence-corrected chi connectivity index (χ2v) is 5.22. The third kappa shape index (κ3) is 2.86. The Morgan fingerprint density at radius 2 is 2.37 bits per heavy atom. The summed E-state index contributed by atoms with van der Waals surface area (Å²) in [6.45, 7) is 0.586.